The fraction of sp³-hybridized carbons (Fsp3) is 0.324. The van der Waals surface area contributed by atoms with Crippen molar-refractivity contribution in [2.24, 2.45) is 5.92 Å². The van der Waals surface area contributed by atoms with E-state index in [0.29, 0.717) is 5.92 Å². The Morgan fingerprint density at radius 1 is 0.917 bits per heavy atom. The first kappa shape index (κ1) is 23.4. The molecule has 0 saturated heterocycles. The van der Waals surface area contributed by atoms with E-state index in [0.717, 1.165) is 12.1 Å². The van der Waals surface area contributed by atoms with Crippen molar-refractivity contribution in [3.8, 4) is 21.7 Å². The van der Waals surface area contributed by atoms with Gasteiger partial charge in [-0.3, -0.25) is 4.98 Å². The average molecular weight is 490 g/mol. The lowest BCUT2D eigenvalue weighted by Gasteiger charge is -2.23. The highest BCUT2D eigenvalue weighted by Crippen LogP contribution is 2.56. The molecule has 0 N–H and O–H groups in total. The van der Waals surface area contributed by atoms with E-state index in [9.17, 15) is 0 Å². The molecule has 0 spiro atoms. The van der Waals surface area contributed by atoms with Crippen molar-refractivity contribution >= 4 is 32.2 Å². The summed E-state index contributed by atoms with van der Waals surface area (Å²) in [5, 5.41) is 3.98. The van der Waals surface area contributed by atoms with Gasteiger partial charge in [-0.25, -0.2) is 0 Å². The molecule has 2 heteroatoms. The van der Waals surface area contributed by atoms with Crippen LogP contribution in [0.1, 0.15) is 70.7 Å². The lowest BCUT2D eigenvalue weighted by atomic mass is 9.81. The Bertz CT molecular complexity index is 1640. The van der Waals surface area contributed by atoms with Crippen molar-refractivity contribution < 1.29 is 0 Å². The van der Waals surface area contributed by atoms with Gasteiger partial charge >= 0.3 is 0 Å². The molecule has 1 aliphatic carbocycles. The maximum Gasteiger partial charge on any atom is 0.0880 e. The van der Waals surface area contributed by atoms with Gasteiger partial charge in [0.15, 0.2) is 0 Å². The minimum Gasteiger partial charge on any atom is -0.255 e. The van der Waals surface area contributed by atoms with Crippen LogP contribution in [0.3, 0.4) is 0 Å². The summed E-state index contributed by atoms with van der Waals surface area (Å²) in [6.07, 6.45) is 3.13. The van der Waals surface area contributed by atoms with Crippen molar-refractivity contribution in [1.29, 1.82) is 0 Å². The number of pyridine rings is 1. The predicted molar refractivity (Wildman–Crippen MR) is 157 cm³/mol. The summed E-state index contributed by atoms with van der Waals surface area (Å²) < 4.78 is 1.31. The maximum atomic E-state index is 4.99. The molecule has 0 amide bonds. The third-order valence-electron chi connectivity index (χ3n) is 7.82. The number of nitrogens with zero attached hydrogens (tertiary/aromatic N) is 1. The fourth-order valence-corrected chi connectivity index (χ4v) is 7.66. The Balaban J connectivity index is 1.61. The zero-order chi connectivity index (χ0) is 25.4. The maximum absolute atomic E-state index is 4.99. The van der Waals surface area contributed by atoms with Crippen LogP contribution in [-0.4, -0.2) is 4.98 Å². The first-order chi connectivity index (χ1) is 17.1. The third kappa shape index (κ3) is 3.53. The summed E-state index contributed by atoms with van der Waals surface area (Å²) in [5.74, 6) is 0.653. The molecule has 1 nitrogen and oxygen atoms in total. The number of rotatable bonds is 3. The normalized spacial score (nSPS) is 14.6. The van der Waals surface area contributed by atoms with E-state index in [-0.39, 0.29) is 10.8 Å². The Morgan fingerprint density at radius 3 is 2.44 bits per heavy atom. The second-order valence-corrected chi connectivity index (χ2v) is 13.5. The van der Waals surface area contributed by atoms with Gasteiger partial charge in [-0.1, -0.05) is 90.9 Å². The first-order valence-electron chi connectivity index (χ1n) is 13.1. The van der Waals surface area contributed by atoms with E-state index < -0.39 is 0 Å². The molecule has 0 radical (unpaired) electrons. The summed E-state index contributed by atoms with van der Waals surface area (Å²) in [6.45, 7) is 16.3. The van der Waals surface area contributed by atoms with Gasteiger partial charge in [-0.15, -0.1) is 11.3 Å². The predicted octanol–water partition coefficient (Wildman–Crippen LogP) is 9.92. The van der Waals surface area contributed by atoms with E-state index >= 15 is 0 Å². The van der Waals surface area contributed by atoms with Crippen LogP contribution in [0.15, 0.2) is 66.9 Å². The minimum absolute atomic E-state index is 0.0160. The summed E-state index contributed by atoms with van der Waals surface area (Å²) >= 11 is 1.94. The SMILES string of the molecule is CC(C)Cc1ccc2c(c1)-c1sc3c(-c4cc(C(C)(C)C)c5ccccc5c4)nccc3c1C2(C)C. The van der Waals surface area contributed by atoms with Crippen LogP contribution < -0.4 is 0 Å². The molecule has 0 unspecified atom stereocenters. The second kappa shape index (κ2) is 8.02. The average Bonchev–Trinajstić information content (AvgIpc) is 3.31. The summed E-state index contributed by atoms with van der Waals surface area (Å²) in [6, 6.07) is 22.9. The molecule has 0 fully saturated rings. The van der Waals surface area contributed by atoms with Gasteiger partial charge in [0, 0.05) is 27.4 Å². The van der Waals surface area contributed by atoms with E-state index in [2.05, 4.69) is 109 Å². The number of fused-ring (bicyclic) bond motifs is 6. The molecular weight excluding hydrogens is 454 g/mol. The summed E-state index contributed by atoms with van der Waals surface area (Å²) in [5.41, 5.74) is 9.53. The number of hydrogen-bond acceptors (Lipinski definition) is 2. The van der Waals surface area contributed by atoms with E-state index in [1.807, 2.05) is 17.5 Å². The quantitative estimate of drug-likeness (QED) is 0.246. The first-order valence-corrected chi connectivity index (χ1v) is 14.0. The highest BCUT2D eigenvalue weighted by molar-refractivity contribution is 7.23. The van der Waals surface area contributed by atoms with Crippen LogP contribution in [0.4, 0.5) is 0 Å². The van der Waals surface area contributed by atoms with E-state index in [4.69, 9.17) is 4.98 Å². The minimum atomic E-state index is -0.0160. The van der Waals surface area contributed by atoms with Gasteiger partial charge in [0.05, 0.1) is 10.4 Å². The van der Waals surface area contributed by atoms with Gasteiger partial charge in [0.1, 0.15) is 0 Å². The van der Waals surface area contributed by atoms with Crippen LogP contribution in [-0.2, 0) is 17.3 Å². The molecule has 2 heterocycles. The highest BCUT2D eigenvalue weighted by atomic mass is 32.1. The molecule has 0 saturated carbocycles. The van der Waals surface area contributed by atoms with Crippen LogP contribution >= 0.6 is 11.3 Å². The third-order valence-corrected chi connectivity index (χ3v) is 9.06. The standard InChI is InChI=1S/C34H35NS/c1-20(2)16-21-12-13-27-26(17-21)31-29(34(27,6)7)25-14-15-35-30(32(25)36-31)23-18-22-10-8-9-11-24(22)28(19-23)33(3,4)5/h8-15,17-20H,16H2,1-7H3. The topological polar surface area (TPSA) is 12.9 Å². The number of thiophene rings is 1. The summed E-state index contributed by atoms with van der Waals surface area (Å²) in [7, 11) is 0. The molecule has 0 bridgehead atoms. The van der Waals surface area contributed by atoms with E-state index in [1.165, 1.54) is 59.1 Å². The molecular formula is C34H35NS. The van der Waals surface area contributed by atoms with Gasteiger partial charge in [0.2, 0.25) is 0 Å². The Labute approximate surface area is 219 Å². The van der Waals surface area contributed by atoms with E-state index in [1.54, 1.807) is 0 Å². The molecule has 182 valence electrons. The largest absolute Gasteiger partial charge is 0.255 e. The molecule has 5 aromatic rings. The van der Waals surface area contributed by atoms with Crippen LogP contribution in [0.25, 0.3) is 42.6 Å². The zero-order valence-electron chi connectivity index (χ0n) is 22.5. The lowest BCUT2D eigenvalue weighted by Crippen LogP contribution is -2.15. The second-order valence-electron chi connectivity index (χ2n) is 12.4. The summed E-state index contributed by atoms with van der Waals surface area (Å²) in [4.78, 5) is 6.42. The Kier molecular flexibility index (Phi) is 5.22. The van der Waals surface area contributed by atoms with Crippen molar-refractivity contribution in [3.05, 3.63) is 89.1 Å². The van der Waals surface area contributed by atoms with Gasteiger partial charge in [-0.2, -0.15) is 0 Å². The molecule has 2 aromatic heterocycles. The molecule has 0 aliphatic heterocycles. The van der Waals surface area contributed by atoms with Crippen LogP contribution in [0.2, 0.25) is 0 Å². The zero-order valence-corrected chi connectivity index (χ0v) is 23.3. The van der Waals surface area contributed by atoms with Crippen molar-refractivity contribution in [1.82, 2.24) is 4.98 Å². The van der Waals surface area contributed by atoms with Gasteiger partial charge < -0.3 is 0 Å². The van der Waals surface area contributed by atoms with Crippen LogP contribution in [0, 0.1) is 5.92 Å². The Morgan fingerprint density at radius 2 is 1.69 bits per heavy atom. The molecule has 0 atom stereocenters. The van der Waals surface area contributed by atoms with Crippen molar-refractivity contribution in [2.75, 3.05) is 0 Å². The number of benzene rings is 3. The van der Waals surface area contributed by atoms with Crippen molar-refractivity contribution in [2.45, 2.75) is 65.7 Å². The Hall–Kier alpha value is -2.97. The molecule has 6 rings (SSSR count). The highest BCUT2D eigenvalue weighted by Gasteiger charge is 2.39. The monoisotopic (exact) mass is 489 g/mol. The van der Waals surface area contributed by atoms with Crippen LogP contribution in [0.5, 0.6) is 0 Å². The molecule has 1 aliphatic rings. The van der Waals surface area contributed by atoms with Gasteiger partial charge in [-0.05, 0) is 74.5 Å². The van der Waals surface area contributed by atoms with Gasteiger partial charge in [0.25, 0.3) is 0 Å². The van der Waals surface area contributed by atoms with Crippen molar-refractivity contribution in [3.63, 3.8) is 0 Å². The smallest absolute Gasteiger partial charge is 0.0880 e. The fourth-order valence-electron chi connectivity index (χ4n) is 6.16. The molecule has 36 heavy (non-hydrogen) atoms. The molecule has 3 aromatic carbocycles. The lowest BCUT2D eigenvalue weighted by molar-refractivity contribution is 0.596. The number of aromatic nitrogens is 1. The number of hydrogen-bond donors (Lipinski definition) is 0.